The second kappa shape index (κ2) is 8.52. The van der Waals surface area contributed by atoms with Crippen molar-refractivity contribution in [1.29, 1.82) is 0 Å². The first-order valence-electron chi connectivity index (χ1n) is 10.7. The van der Waals surface area contributed by atoms with E-state index >= 15 is 0 Å². The maximum atomic E-state index is 13.4. The van der Waals surface area contributed by atoms with Crippen molar-refractivity contribution in [3.05, 3.63) is 82.4 Å². The van der Waals surface area contributed by atoms with Gasteiger partial charge < -0.3 is 9.84 Å². The van der Waals surface area contributed by atoms with Crippen molar-refractivity contribution in [1.82, 2.24) is 0 Å². The standard InChI is InChI=1S/C27H27NO4S/c1-16-10-15-21(33-16)17-11-13-18(14-12-17)28-23(19-8-6-7-9-20(19)32-5)22(24(29)26(28)31)25(30)27(2,3)4/h6-15,23,29H,1-5H3. The predicted molar refractivity (Wildman–Crippen MR) is 132 cm³/mol. The number of aliphatic hydroxyl groups excluding tert-OH is 1. The monoisotopic (exact) mass is 461 g/mol. The summed E-state index contributed by atoms with van der Waals surface area (Å²) >= 11 is 1.70. The highest BCUT2D eigenvalue weighted by atomic mass is 32.1. The fourth-order valence-corrected chi connectivity index (χ4v) is 4.94. The molecule has 0 radical (unpaired) electrons. The van der Waals surface area contributed by atoms with Gasteiger partial charge in [0.2, 0.25) is 0 Å². The second-order valence-electron chi connectivity index (χ2n) is 9.12. The van der Waals surface area contributed by atoms with Gasteiger partial charge in [0.1, 0.15) is 5.75 Å². The van der Waals surface area contributed by atoms with Crippen LogP contribution in [0.2, 0.25) is 0 Å². The van der Waals surface area contributed by atoms with E-state index in [0.717, 1.165) is 10.4 Å². The molecule has 6 heteroatoms. The summed E-state index contributed by atoms with van der Waals surface area (Å²) in [6.45, 7) is 7.39. The number of aliphatic hydroxyl groups is 1. The van der Waals surface area contributed by atoms with E-state index in [1.54, 1.807) is 45.3 Å². The maximum Gasteiger partial charge on any atom is 0.294 e. The van der Waals surface area contributed by atoms with Crippen molar-refractivity contribution >= 4 is 28.7 Å². The normalized spacial score (nSPS) is 16.5. The summed E-state index contributed by atoms with van der Waals surface area (Å²) in [4.78, 5) is 30.5. The van der Waals surface area contributed by atoms with Crippen LogP contribution in [-0.2, 0) is 9.59 Å². The van der Waals surface area contributed by atoms with Crippen LogP contribution in [0.1, 0.15) is 37.3 Å². The van der Waals surface area contributed by atoms with Crippen LogP contribution in [0.15, 0.2) is 72.0 Å². The molecule has 0 aliphatic carbocycles. The topological polar surface area (TPSA) is 66.8 Å². The van der Waals surface area contributed by atoms with Gasteiger partial charge in [-0.15, -0.1) is 11.3 Å². The van der Waals surface area contributed by atoms with Crippen LogP contribution in [-0.4, -0.2) is 23.9 Å². The quantitative estimate of drug-likeness (QED) is 0.488. The minimum Gasteiger partial charge on any atom is -0.503 e. The lowest BCUT2D eigenvalue weighted by molar-refractivity contribution is -0.123. The molecule has 1 N–H and O–H groups in total. The summed E-state index contributed by atoms with van der Waals surface area (Å²) in [7, 11) is 1.55. The van der Waals surface area contributed by atoms with Gasteiger partial charge in [-0.1, -0.05) is 51.1 Å². The molecule has 1 unspecified atom stereocenters. The van der Waals surface area contributed by atoms with Crippen LogP contribution in [0.3, 0.4) is 0 Å². The molecule has 4 rings (SSSR count). The van der Waals surface area contributed by atoms with Gasteiger partial charge in [0, 0.05) is 26.4 Å². The van der Waals surface area contributed by atoms with Gasteiger partial charge >= 0.3 is 0 Å². The van der Waals surface area contributed by atoms with Crippen LogP contribution >= 0.6 is 11.3 Å². The van der Waals surface area contributed by atoms with Crippen molar-refractivity contribution in [3.8, 4) is 16.2 Å². The Morgan fingerprint density at radius 1 is 1.03 bits per heavy atom. The Morgan fingerprint density at radius 3 is 2.27 bits per heavy atom. The average Bonchev–Trinajstić information content (AvgIpc) is 3.34. The Hall–Kier alpha value is -3.38. The van der Waals surface area contributed by atoms with E-state index in [9.17, 15) is 14.7 Å². The number of carbonyl (C=O) groups is 2. The van der Waals surface area contributed by atoms with Crippen LogP contribution in [0.5, 0.6) is 5.75 Å². The van der Waals surface area contributed by atoms with Crippen molar-refractivity contribution in [2.45, 2.75) is 33.7 Å². The lowest BCUT2D eigenvalue weighted by Gasteiger charge is -2.30. The number of nitrogens with zero attached hydrogens (tertiary/aromatic N) is 1. The zero-order valence-electron chi connectivity index (χ0n) is 19.4. The lowest BCUT2D eigenvalue weighted by atomic mass is 9.82. The Balaban J connectivity index is 1.84. The van der Waals surface area contributed by atoms with Crippen molar-refractivity contribution in [2.24, 2.45) is 5.41 Å². The number of benzene rings is 2. The van der Waals surface area contributed by atoms with Gasteiger partial charge in [-0.3, -0.25) is 14.5 Å². The number of rotatable bonds is 5. The highest BCUT2D eigenvalue weighted by Crippen LogP contribution is 2.46. The van der Waals surface area contributed by atoms with E-state index in [1.807, 2.05) is 42.5 Å². The zero-order valence-corrected chi connectivity index (χ0v) is 20.2. The molecule has 3 aromatic rings. The van der Waals surface area contributed by atoms with Crippen LogP contribution in [0.4, 0.5) is 5.69 Å². The molecule has 1 aliphatic rings. The summed E-state index contributed by atoms with van der Waals surface area (Å²) in [6, 6.07) is 18.2. The number of ether oxygens (including phenoxy) is 1. The molecule has 170 valence electrons. The van der Waals surface area contributed by atoms with Crippen LogP contribution < -0.4 is 9.64 Å². The van der Waals surface area contributed by atoms with Gasteiger partial charge in [0.25, 0.3) is 5.91 Å². The van der Waals surface area contributed by atoms with E-state index < -0.39 is 23.1 Å². The molecule has 0 bridgehead atoms. The highest BCUT2D eigenvalue weighted by Gasteiger charge is 2.47. The van der Waals surface area contributed by atoms with Gasteiger partial charge in [-0.25, -0.2) is 0 Å². The predicted octanol–water partition coefficient (Wildman–Crippen LogP) is 6.25. The first-order chi connectivity index (χ1) is 15.6. The molecule has 0 spiro atoms. The summed E-state index contributed by atoms with van der Waals surface area (Å²) in [5.41, 5.74) is 1.59. The minimum absolute atomic E-state index is 0.0926. The van der Waals surface area contributed by atoms with E-state index in [-0.39, 0.29) is 11.4 Å². The SMILES string of the molecule is COc1ccccc1C1C(C(=O)C(C)(C)C)=C(O)C(=O)N1c1ccc(-c2ccc(C)s2)cc1. The first-order valence-corrected chi connectivity index (χ1v) is 11.6. The number of ketones is 1. The van der Waals surface area contributed by atoms with E-state index in [1.165, 1.54) is 9.78 Å². The molecular formula is C27H27NO4S. The molecule has 2 aromatic carbocycles. The fourth-order valence-electron chi connectivity index (χ4n) is 4.07. The third kappa shape index (κ3) is 4.07. The van der Waals surface area contributed by atoms with Crippen LogP contribution in [0, 0.1) is 12.3 Å². The molecule has 5 nitrogen and oxygen atoms in total. The molecule has 2 heterocycles. The largest absolute Gasteiger partial charge is 0.503 e. The number of aryl methyl sites for hydroxylation is 1. The number of para-hydroxylation sites is 1. The van der Waals surface area contributed by atoms with Gasteiger partial charge in [-0.2, -0.15) is 0 Å². The van der Waals surface area contributed by atoms with Crippen LogP contribution in [0.25, 0.3) is 10.4 Å². The number of thiophene rings is 1. The third-order valence-electron chi connectivity index (χ3n) is 5.74. The summed E-state index contributed by atoms with van der Waals surface area (Å²) in [5.74, 6) is -0.848. The minimum atomic E-state index is -0.796. The summed E-state index contributed by atoms with van der Waals surface area (Å²) < 4.78 is 5.55. The molecule has 0 saturated heterocycles. The number of amides is 1. The van der Waals surface area contributed by atoms with Gasteiger partial charge in [0.05, 0.1) is 18.7 Å². The van der Waals surface area contributed by atoms with E-state index in [0.29, 0.717) is 17.0 Å². The zero-order chi connectivity index (χ0) is 23.9. The fraction of sp³-hybridized carbons (Fsp3) is 0.259. The summed E-state index contributed by atoms with van der Waals surface area (Å²) in [5, 5.41) is 10.9. The Labute approximate surface area is 197 Å². The van der Waals surface area contributed by atoms with Gasteiger partial charge in [-0.05, 0) is 42.8 Å². The highest BCUT2D eigenvalue weighted by molar-refractivity contribution is 7.15. The third-order valence-corrected chi connectivity index (χ3v) is 6.79. The molecule has 0 saturated carbocycles. The smallest absolute Gasteiger partial charge is 0.294 e. The number of hydrogen-bond donors (Lipinski definition) is 1. The second-order valence-corrected chi connectivity index (χ2v) is 10.4. The van der Waals surface area contributed by atoms with Gasteiger partial charge in [0.15, 0.2) is 11.5 Å². The Kier molecular flexibility index (Phi) is 5.89. The number of carbonyl (C=O) groups excluding carboxylic acids is 2. The summed E-state index contributed by atoms with van der Waals surface area (Å²) in [6.07, 6.45) is 0. The van der Waals surface area contributed by atoms with Crippen molar-refractivity contribution in [3.63, 3.8) is 0 Å². The molecule has 1 aliphatic heterocycles. The lowest BCUT2D eigenvalue weighted by Crippen LogP contribution is -2.33. The average molecular weight is 462 g/mol. The molecular weight excluding hydrogens is 434 g/mol. The molecule has 1 aromatic heterocycles. The van der Waals surface area contributed by atoms with Crippen molar-refractivity contribution in [2.75, 3.05) is 12.0 Å². The van der Waals surface area contributed by atoms with E-state index in [2.05, 4.69) is 19.1 Å². The Bertz CT molecular complexity index is 1250. The van der Waals surface area contributed by atoms with E-state index in [4.69, 9.17) is 4.74 Å². The number of Topliss-reactive ketones (excluding diaryl/α,β-unsaturated/α-hetero) is 1. The molecule has 0 fully saturated rings. The molecule has 1 atom stereocenters. The molecule has 1 amide bonds. The number of anilines is 1. The maximum absolute atomic E-state index is 13.4. The number of methoxy groups -OCH3 is 1. The van der Waals surface area contributed by atoms with Crippen molar-refractivity contribution < 1.29 is 19.4 Å². The first kappa shape index (κ1) is 22.8. The molecule has 33 heavy (non-hydrogen) atoms. The Morgan fingerprint density at radius 2 is 1.70 bits per heavy atom. The number of hydrogen-bond acceptors (Lipinski definition) is 5.